The van der Waals surface area contributed by atoms with Gasteiger partial charge in [-0.25, -0.2) is 0 Å². The molecule has 2 rings (SSSR count). The van der Waals surface area contributed by atoms with Crippen molar-refractivity contribution in [2.45, 2.75) is 0 Å². The number of rotatable bonds is 1. The van der Waals surface area contributed by atoms with Crippen LogP contribution in [-0.2, 0) is 0 Å². The highest BCUT2D eigenvalue weighted by Crippen LogP contribution is 2.31. The molecule has 56 valence electrons. The number of halogens is 1. The van der Waals surface area contributed by atoms with Gasteiger partial charge in [0.15, 0.2) is 5.01 Å². The van der Waals surface area contributed by atoms with Gasteiger partial charge in [-0.05, 0) is 12.1 Å². The van der Waals surface area contributed by atoms with E-state index in [9.17, 15) is 0 Å². The summed E-state index contributed by atoms with van der Waals surface area (Å²) in [6, 6.07) is 3.82. The van der Waals surface area contributed by atoms with Gasteiger partial charge in [0.25, 0.3) is 0 Å². The monoisotopic (exact) mass is 202 g/mol. The molecular weight excluding hydrogens is 200 g/mol. The molecule has 11 heavy (non-hydrogen) atoms. The smallest absolute Gasteiger partial charge is 0.147 e. The van der Waals surface area contributed by atoms with Gasteiger partial charge in [0.05, 0.1) is 9.21 Å². The predicted octanol–water partition coefficient (Wildman–Crippen LogP) is 2.92. The molecule has 0 spiro atoms. The summed E-state index contributed by atoms with van der Waals surface area (Å²) in [5.41, 5.74) is 1.71. The van der Waals surface area contributed by atoms with Gasteiger partial charge in [-0.2, -0.15) is 0 Å². The maximum absolute atomic E-state index is 5.75. The van der Waals surface area contributed by atoms with Gasteiger partial charge in [0.2, 0.25) is 0 Å². The molecule has 0 radical (unpaired) electrons. The fourth-order valence-corrected chi connectivity index (χ4v) is 2.37. The third-order valence-corrected chi connectivity index (χ3v) is 3.24. The number of nitrogens with zero attached hydrogens (tertiary/aromatic N) is 2. The summed E-state index contributed by atoms with van der Waals surface area (Å²) in [6.45, 7) is 0. The summed E-state index contributed by atoms with van der Waals surface area (Å²) in [5, 5.41) is 8.59. The van der Waals surface area contributed by atoms with Gasteiger partial charge in [-0.15, -0.1) is 21.5 Å². The molecule has 0 saturated carbocycles. The van der Waals surface area contributed by atoms with Gasteiger partial charge in [0.1, 0.15) is 5.51 Å². The first-order chi connectivity index (χ1) is 5.36. The fraction of sp³-hybridized carbons (Fsp3) is 0. The number of aromatic nitrogens is 2. The predicted molar refractivity (Wildman–Crippen MR) is 48.2 cm³/mol. The standard InChI is InChI=1S/C6H3ClN2S2/c7-5-2-1-4(11-5)6-9-8-3-10-6/h1-3H. The largest absolute Gasteiger partial charge is 0.157 e. The topological polar surface area (TPSA) is 25.8 Å². The Bertz CT molecular complexity index is 341. The fourth-order valence-electron chi connectivity index (χ4n) is 0.710. The molecule has 2 heterocycles. The summed E-state index contributed by atoms with van der Waals surface area (Å²) in [6.07, 6.45) is 0. The molecule has 0 amide bonds. The van der Waals surface area contributed by atoms with Crippen LogP contribution in [0.1, 0.15) is 0 Å². The van der Waals surface area contributed by atoms with E-state index < -0.39 is 0 Å². The zero-order chi connectivity index (χ0) is 7.68. The summed E-state index contributed by atoms with van der Waals surface area (Å²) >= 11 is 8.79. The number of hydrogen-bond donors (Lipinski definition) is 0. The van der Waals surface area contributed by atoms with Gasteiger partial charge in [-0.1, -0.05) is 22.9 Å². The minimum Gasteiger partial charge on any atom is -0.147 e. The van der Waals surface area contributed by atoms with E-state index in [1.165, 1.54) is 22.7 Å². The Labute approximate surface area is 76.5 Å². The summed E-state index contributed by atoms with van der Waals surface area (Å²) in [5.74, 6) is 0. The van der Waals surface area contributed by atoms with E-state index in [0.29, 0.717) is 0 Å². The molecule has 0 saturated heterocycles. The van der Waals surface area contributed by atoms with Crippen molar-refractivity contribution in [2.24, 2.45) is 0 Å². The third-order valence-electron chi connectivity index (χ3n) is 1.14. The molecule has 5 heteroatoms. The molecule has 0 aromatic carbocycles. The summed E-state index contributed by atoms with van der Waals surface area (Å²) in [7, 11) is 0. The van der Waals surface area contributed by atoms with Crippen LogP contribution in [0.2, 0.25) is 4.34 Å². The molecule has 0 aliphatic carbocycles. The van der Waals surface area contributed by atoms with Crippen molar-refractivity contribution in [2.75, 3.05) is 0 Å². The van der Waals surface area contributed by atoms with E-state index in [-0.39, 0.29) is 0 Å². The first-order valence-electron chi connectivity index (χ1n) is 2.88. The van der Waals surface area contributed by atoms with Gasteiger partial charge in [-0.3, -0.25) is 0 Å². The van der Waals surface area contributed by atoms with Crippen molar-refractivity contribution in [1.82, 2.24) is 10.2 Å². The Morgan fingerprint density at radius 3 is 2.82 bits per heavy atom. The average Bonchev–Trinajstić information content (AvgIpc) is 2.55. The van der Waals surface area contributed by atoms with Crippen LogP contribution in [0.3, 0.4) is 0 Å². The van der Waals surface area contributed by atoms with Crippen LogP contribution in [0.5, 0.6) is 0 Å². The Balaban J connectivity index is 2.45. The lowest BCUT2D eigenvalue weighted by atomic mass is 10.5. The molecule has 0 fully saturated rings. The van der Waals surface area contributed by atoms with Crippen LogP contribution >= 0.6 is 34.3 Å². The lowest BCUT2D eigenvalue weighted by Gasteiger charge is -1.82. The number of hydrogen-bond acceptors (Lipinski definition) is 4. The van der Waals surface area contributed by atoms with Crippen molar-refractivity contribution >= 4 is 34.3 Å². The van der Waals surface area contributed by atoms with Crippen LogP contribution in [0.25, 0.3) is 9.88 Å². The Kier molecular flexibility index (Phi) is 1.89. The highest BCUT2D eigenvalue weighted by Gasteiger charge is 2.03. The molecule has 2 nitrogen and oxygen atoms in total. The van der Waals surface area contributed by atoms with E-state index in [0.717, 1.165) is 14.2 Å². The minimum absolute atomic E-state index is 0.787. The van der Waals surface area contributed by atoms with Crippen LogP contribution in [-0.4, -0.2) is 10.2 Å². The second-order valence-corrected chi connectivity index (χ2v) is 4.40. The molecule has 0 bridgehead atoms. The zero-order valence-electron chi connectivity index (χ0n) is 5.32. The van der Waals surface area contributed by atoms with Crippen LogP contribution < -0.4 is 0 Å². The SMILES string of the molecule is Clc1ccc(-c2nncs2)s1. The summed E-state index contributed by atoms with van der Waals surface area (Å²) in [4.78, 5) is 1.08. The van der Waals surface area contributed by atoms with E-state index in [1.807, 2.05) is 12.1 Å². The molecule has 0 atom stereocenters. The Morgan fingerprint density at radius 1 is 1.36 bits per heavy atom. The molecular formula is C6H3ClN2S2. The Hall–Kier alpha value is -0.450. The normalized spacial score (nSPS) is 10.3. The van der Waals surface area contributed by atoms with Crippen molar-refractivity contribution in [3.63, 3.8) is 0 Å². The van der Waals surface area contributed by atoms with Crippen LogP contribution in [0.4, 0.5) is 0 Å². The quantitative estimate of drug-likeness (QED) is 0.711. The Morgan fingerprint density at radius 2 is 2.27 bits per heavy atom. The van der Waals surface area contributed by atoms with E-state index >= 15 is 0 Å². The molecule has 2 aromatic rings. The van der Waals surface area contributed by atoms with Crippen molar-refractivity contribution in [1.29, 1.82) is 0 Å². The maximum Gasteiger partial charge on any atom is 0.157 e. The van der Waals surface area contributed by atoms with E-state index in [4.69, 9.17) is 11.6 Å². The van der Waals surface area contributed by atoms with Crippen LogP contribution in [0.15, 0.2) is 17.6 Å². The molecule has 0 unspecified atom stereocenters. The van der Waals surface area contributed by atoms with Gasteiger partial charge in [0, 0.05) is 0 Å². The second-order valence-electron chi connectivity index (χ2n) is 1.85. The van der Waals surface area contributed by atoms with E-state index in [1.54, 1.807) is 5.51 Å². The minimum atomic E-state index is 0.787. The lowest BCUT2D eigenvalue weighted by molar-refractivity contribution is 1.10. The first-order valence-corrected chi connectivity index (χ1v) is 4.95. The average molecular weight is 203 g/mol. The van der Waals surface area contributed by atoms with Crippen molar-refractivity contribution < 1.29 is 0 Å². The van der Waals surface area contributed by atoms with Gasteiger partial charge < -0.3 is 0 Å². The van der Waals surface area contributed by atoms with Gasteiger partial charge >= 0.3 is 0 Å². The first kappa shape index (κ1) is 7.21. The maximum atomic E-state index is 5.75. The third kappa shape index (κ3) is 1.42. The highest BCUT2D eigenvalue weighted by molar-refractivity contribution is 7.23. The van der Waals surface area contributed by atoms with Crippen molar-refractivity contribution in [3.8, 4) is 9.88 Å². The van der Waals surface area contributed by atoms with Crippen molar-refractivity contribution in [3.05, 3.63) is 22.0 Å². The van der Waals surface area contributed by atoms with E-state index in [2.05, 4.69) is 10.2 Å². The lowest BCUT2D eigenvalue weighted by Crippen LogP contribution is -1.67. The molecule has 2 aromatic heterocycles. The second kappa shape index (κ2) is 2.89. The molecule has 0 N–H and O–H groups in total. The molecule has 0 aliphatic heterocycles. The molecule has 0 aliphatic rings. The highest BCUT2D eigenvalue weighted by atomic mass is 35.5. The number of thiophene rings is 1. The van der Waals surface area contributed by atoms with Crippen LogP contribution in [0, 0.1) is 0 Å². The summed E-state index contributed by atoms with van der Waals surface area (Å²) < 4.78 is 0.787. The zero-order valence-corrected chi connectivity index (χ0v) is 7.71.